The average Bonchev–Trinajstić information content (AvgIpc) is 2.62. The van der Waals surface area contributed by atoms with Crippen LogP contribution in [0.3, 0.4) is 0 Å². The van der Waals surface area contributed by atoms with Gasteiger partial charge >= 0.3 is 0 Å². The Bertz CT molecular complexity index is 764. The van der Waals surface area contributed by atoms with Gasteiger partial charge in [0.2, 0.25) is 5.91 Å². The van der Waals surface area contributed by atoms with Crippen LogP contribution in [0, 0.1) is 0 Å². The zero-order valence-corrected chi connectivity index (χ0v) is 15.9. The second kappa shape index (κ2) is 10.0. The fourth-order valence-corrected chi connectivity index (χ4v) is 2.64. The van der Waals surface area contributed by atoms with Gasteiger partial charge in [0.1, 0.15) is 5.75 Å². The van der Waals surface area contributed by atoms with Crippen molar-refractivity contribution in [1.82, 2.24) is 10.6 Å². The number of nitrogens with one attached hydrogen (secondary N) is 2. The molecule has 5 nitrogen and oxygen atoms in total. The number of ether oxygens (including phenoxy) is 1. The minimum absolute atomic E-state index is 0.121. The Balaban J connectivity index is 1.72. The molecule has 0 unspecified atom stereocenters. The molecule has 26 heavy (non-hydrogen) atoms. The summed E-state index contributed by atoms with van der Waals surface area (Å²) in [5.74, 6) is 0.321. The second-order valence-electron chi connectivity index (χ2n) is 5.48. The second-order valence-corrected chi connectivity index (χ2v) is 6.33. The average molecular weight is 395 g/mol. The van der Waals surface area contributed by atoms with Gasteiger partial charge in [0, 0.05) is 18.1 Å². The first-order chi connectivity index (χ1) is 12.5. The summed E-state index contributed by atoms with van der Waals surface area (Å²) in [6.45, 7) is 3.13. The summed E-state index contributed by atoms with van der Waals surface area (Å²) in [5.41, 5.74) is 1.19. The highest BCUT2D eigenvalue weighted by Gasteiger charge is 2.10. The Labute approximate surface area is 162 Å². The fourth-order valence-electron chi connectivity index (χ4n) is 2.26. The van der Waals surface area contributed by atoms with Crippen molar-refractivity contribution in [3.63, 3.8) is 0 Å². The molecule has 0 aliphatic rings. The van der Waals surface area contributed by atoms with Crippen LogP contribution in [0.1, 0.15) is 22.8 Å². The Morgan fingerprint density at radius 2 is 1.69 bits per heavy atom. The molecular weight excluding hydrogens is 375 g/mol. The van der Waals surface area contributed by atoms with Crippen molar-refractivity contribution in [2.75, 3.05) is 19.7 Å². The van der Waals surface area contributed by atoms with Gasteiger partial charge in [-0.1, -0.05) is 35.3 Å². The Morgan fingerprint density at radius 3 is 2.38 bits per heavy atom. The summed E-state index contributed by atoms with van der Waals surface area (Å²) in [6.07, 6.45) is 0.264. The minimum Gasteiger partial charge on any atom is -0.494 e. The van der Waals surface area contributed by atoms with Crippen molar-refractivity contribution < 1.29 is 14.3 Å². The number of carbonyl (C=O) groups is 2. The largest absolute Gasteiger partial charge is 0.494 e. The number of carbonyl (C=O) groups excluding carboxylic acids is 2. The summed E-state index contributed by atoms with van der Waals surface area (Å²) in [4.78, 5) is 24.0. The highest BCUT2D eigenvalue weighted by molar-refractivity contribution is 6.35. The molecule has 2 aromatic carbocycles. The molecule has 0 saturated carbocycles. The van der Waals surface area contributed by atoms with Crippen LogP contribution in [0.25, 0.3) is 0 Å². The molecular formula is C19H20Cl2N2O3. The standard InChI is InChI=1S/C19H20Cl2N2O3/c1-2-26-15-6-3-13(4-7-15)11-18(24)22-9-10-23-19(25)16-12-14(20)5-8-17(16)21/h3-8,12H,2,9-11H2,1H3,(H,22,24)(H,23,25). The maximum Gasteiger partial charge on any atom is 0.252 e. The van der Waals surface area contributed by atoms with Crippen molar-refractivity contribution in [2.24, 2.45) is 0 Å². The van der Waals surface area contributed by atoms with Crippen LogP contribution in [-0.4, -0.2) is 31.5 Å². The van der Waals surface area contributed by atoms with Crippen molar-refractivity contribution in [3.05, 3.63) is 63.6 Å². The number of rotatable bonds is 8. The molecule has 0 aromatic heterocycles. The van der Waals surface area contributed by atoms with Crippen LogP contribution < -0.4 is 15.4 Å². The number of hydrogen-bond donors (Lipinski definition) is 2. The van der Waals surface area contributed by atoms with Crippen molar-refractivity contribution >= 4 is 35.0 Å². The lowest BCUT2D eigenvalue weighted by Crippen LogP contribution is -2.35. The smallest absolute Gasteiger partial charge is 0.252 e. The van der Waals surface area contributed by atoms with E-state index in [1.54, 1.807) is 12.1 Å². The van der Waals surface area contributed by atoms with E-state index < -0.39 is 0 Å². The van der Waals surface area contributed by atoms with Crippen LogP contribution >= 0.6 is 23.2 Å². The SMILES string of the molecule is CCOc1ccc(CC(=O)NCCNC(=O)c2cc(Cl)ccc2Cl)cc1. The highest BCUT2D eigenvalue weighted by atomic mass is 35.5. The van der Waals surface area contributed by atoms with E-state index in [9.17, 15) is 9.59 Å². The summed E-state index contributed by atoms with van der Waals surface area (Å²) in [7, 11) is 0. The molecule has 2 N–H and O–H groups in total. The van der Waals surface area contributed by atoms with E-state index in [2.05, 4.69) is 10.6 Å². The number of hydrogen-bond acceptors (Lipinski definition) is 3. The van der Waals surface area contributed by atoms with E-state index in [1.807, 2.05) is 31.2 Å². The van der Waals surface area contributed by atoms with Gasteiger partial charge in [0.15, 0.2) is 0 Å². The van der Waals surface area contributed by atoms with Gasteiger partial charge in [0.05, 0.1) is 23.6 Å². The first-order valence-corrected chi connectivity index (χ1v) is 8.97. The van der Waals surface area contributed by atoms with E-state index in [-0.39, 0.29) is 24.8 Å². The molecule has 0 saturated heterocycles. The van der Waals surface area contributed by atoms with Crippen LogP contribution in [0.15, 0.2) is 42.5 Å². The molecule has 0 radical (unpaired) electrons. The molecule has 2 rings (SSSR count). The summed E-state index contributed by atoms with van der Waals surface area (Å²) < 4.78 is 5.36. The third-order valence-corrected chi connectivity index (χ3v) is 4.07. The predicted octanol–water partition coefficient (Wildman–Crippen LogP) is 3.48. The normalized spacial score (nSPS) is 10.3. The maximum absolute atomic E-state index is 12.1. The van der Waals surface area contributed by atoms with Crippen LogP contribution in [0.5, 0.6) is 5.75 Å². The Morgan fingerprint density at radius 1 is 1.00 bits per heavy atom. The predicted molar refractivity (Wildman–Crippen MR) is 103 cm³/mol. The first-order valence-electron chi connectivity index (χ1n) is 8.21. The fraction of sp³-hybridized carbons (Fsp3) is 0.263. The van der Waals surface area contributed by atoms with Gasteiger partial charge < -0.3 is 15.4 Å². The molecule has 0 spiro atoms. The van der Waals surface area contributed by atoms with Gasteiger partial charge in [-0.05, 0) is 42.8 Å². The van der Waals surface area contributed by atoms with Crippen LogP contribution in [-0.2, 0) is 11.2 Å². The molecule has 0 atom stereocenters. The van der Waals surface area contributed by atoms with Gasteiger partial charge in [-0.2, -0.15) is 0 Å². The minimum atomic E-state index is -0.335. The summed E-state index contributed by atoms with van der Waals surface area (Å²) in [5, 5.41) is 6.21. The summed E-state index contributed by atoms with van der Waals surface area (Å²) in [6, 6.07) is 12.1. The van der Waals surface area contributed by atoms with Gasteiger partial charge in [0.25, 0.3) is 5.91 Å². The molecule has 2 aromatic rings. The molecule has 0 aliphatic heterocycles. The number of halogens is 2. The van der Waals surface area contributed by atoms with Crippen LogP contribution in [0.2, 0.25) is 10.0 Å². The Kier molecular flexibility index (Phi) is 7.75. The van der Waals surface area contributed by atoms with E-state index in [1.165, 1.54) is 6.07 Å². The molecule has 2 amide bonds. The van der Waals surface area contributed by atoms with E-state index in [0.717, 1.165) is 11.3 Å². The quantitative estimate of drug-likeness (QED) is 0.673. The highest BCUT2D eigenvalue weighted by Crippen LogP contribution is 2.20. The molecule has 0 fully saturated rings. The van der Waals surface area contributed by atoms with Crippen molar-refractivity contribution in [1.29, 1.82) is 0 Å². The Hall–Kier alpha value is -2.24. The van der Waals surface area contributed by atoms with Crippen molar-refractivity contribution in [2.45, 2.75) is 13.3 Å². The maximum atomic E-state index is 12.1. The number of benzene rings is 2. The van der Waals surface area contributed by atoms with Gasteiger partial charge in [-0.15, -0.1) is 0 Å². The van der Waals surface area contributed by atoms with E-state index in [0.29, 0.717) is 28.8 Å². The zero-order valence-electron chi connectivity index (χ0n) is 14.4. The van der Waals surface area contributed by atoms with Gasteiger partial charge in [-0.25, -0.2) is 0 Å². The van der Waals surface area contributed by atoms with Crippen LogP contribution in [0.4, 0.5) is 0 Å². The van der Waals surface area contributed by atoms with Crippen molar-refractivity contribution in [3.8, 4) is 5.75 Å². The monoisotopic (exact) mass is 394 g/mol. The molecule has 0 aliphatic carbocycles. The first kappa shape index (κ1) is 20.1. The lowest BCUT2D eigenvalue weighted by molar-refractivity contribution is -0.120. The van der Waals surface area contributed by atoms with E-state index >= 15 is 0 Å². The molecule has 7 heteroatoms. The lowest BCUT2D eigenvalue weighted by Gasteiger charge is -2.09. The topological polar surface area (TPSA) is 67.4 Å². The molecule has 0 heterocycles. The van der Waals surface area contributed by atoms with Gasteiger partial charge in [-0.3, -0.25) is 9.59 Å². The van der Waals surface area contributed by atoms with E-state index in [4.69, 9.17) is 27.9 Å². The third kappa shape index (κ3) is 6.24. The lowest BCUT2D eigenvalue weighted by atomic mass is 10.1. The zero-order chi connectivity index (χ0) is 18.9. The molecule has 0 bridgehead atoms. The third-order valence-electron chi connectivity index (χ3n) is 3.50. The molecule has 138 valence electrons. The number of amides is 2. The summed E-state index contributed by atoms with van der Waals surface area (Å²) >= 11 is 11.8.